The molecule has 4 fully saturated rings. The molecule has 4 aliphatic carbocycles. The molecule has 0 amide bonds. The first-order valence-corrected chi connectivity index (χ1v) is 8.02. The van der Waals surface area contributed by atoms with E-state index >= 15 is 0 Å². The molecule has 4 bridgehead atoms. The van der Waals surface area contributed by atoms with Gasteiger partial charge in [0.1, 0.15) is 5.75 Å². The van der Waals surface area contributed by atoms with Gasteiger partial charge in [0.2, 0.25) is 0 Å². The van der Waals surface area contributed by atoms with Crippen molar-refractivity contribution in [2.24, 2.45) is 22.7 Å². The molecule has 4 saturated carbocycles. The maximum Gasteiger partial charge on any atom is 0.317 e. The fraction of sp³-hybridized carbons (Fsp3) is 0.556. The summed E-state index contributed by atoms with van der Waals surface area (Å²) in [7, 11) is 0. The van der Waals surface area contributed by atoms with Gasteiger partial charge in [0, 0.05) is 0 Å². The zero-order chi connectivity index (χ0) is 15.4. The van der Waals surface area contributed by atoms with Crippen LogP contribution in [-0.2, 0) is 9.59 Å². The van der Waals surface area contributed by atoms with Crippen molar-refractivity contribution in [3.05, 3.63) is 30.3 Å². The molecule has 1 N–H and O–H groups in total. The molecule has 4 aliphatic rings. The fourth-order valence-electron chi connectivity index (χ4n) is 5.46. The lowest BCUT2D eigenvalue weighted by Crippen LogP contribution is -2.58. The monoisotopic (exact) mass is 300 g/mol. The van der Waals surface area contributed by atoms with Crippen molar-refractivity contribution in [3.8, 4) is 5.75 Å². The Morgan fingerprint density at radius 2 is 1.59 bits per heavy atom. The first-order chi connectivity index (χ1) is 10.5. The third kappa shape index (κ3) is 1.97. The highest BCUT2D eigenvalue weighted by molar-refractivity contribution is 5.83. The smallest absolute Gasteiger partial charge is 0.317 e. The van der Waals surface area contributed by atoms with E-state index < -0.39 is 16.8 Å². The Hall–Kier alpha value is -1.84. The summed E-state index contributed by atoms with van der Waals surface area (Å²) >= 11 is 0. The highest BCUT2D eigenvalue weighted by Crippen LogP contribution is 2.65. The normalized spacial score (nSPS) is 38.7. The number of hydrogen-bond acceptors (Lipinski definition) is 3. The van der Waals surface area contributed by atoms with E-state index in [9.17, 15) is 14.7 Å². The van der Waals surface area contributed by atoms with Crippen LogP contribution in [0.15, 0.2) is 30.3 Å². The summed E-state index contributed by atoms with van der Waals surface area (Å²) in [6.45, 7) is 0. The number of carbonyl (C=O) groups excluding carboxylic acids is 1. The molecule has 0 spiro atoms. The van der Waals surface area contributed by atoms with Crippen molar-refractivity contribution in [3.63, 3.8) is 0 Å². The molecule has 1 aromatic carbocycles. The molecule has 22 heavy (non-hydrogen) atoms. The van der Waals surface area contributed by atoms with Gasteiger partial charge < -0.3 is 9.84 Å². The Morgan fingerprint density at radius 1 is 1.00 bits per heavy atom. The second-order valence-corrected chi connectivity index (χ2v) is 7.53. The molecule has 0 heterocycles. The van der Waals surface area contributed by atoms with Crippen molar-refractivity contribution in [2.45, 2.75) is 38.5 Å². The third-order valence-corrected chi connectivity index (χ3v) is 5.90. The summed E-state index contributed by atoms with van der Waals surface area (Å²) in [5, 5.41) is 9.71. The molecule has 4 nitrogen and oxygen atoms in total. The zero-order valence-corrected chi connectivity index (χ0v) is 12.5. The lowest BCUT2D eigenvalue weighted by Gasteiger charge is -2.59. The summed E-state index contributed by atoms with van der Waals surface area (Å²) in [4.78, 5) is 24.6. The van der Waals surface area contributed by atoms with Crippen LogP contribution in [0.2, 0.25) is 0 Å². The minimum atomic E-state index is -0.724. The van der Waals surface area contributed by atoms with Crippen LogP contribution in [0.5, 0.6) is 5.75 Å². The van der Waals surface area contributed by atoms with Crippen LogP contribution in [0.25, 0.3) is 0 Å². The molecular formula is C18H20O4. The van der Waals surface area contributed by atoms with Gasteiger partial charge >= 0.3 is 11.9 Å². The Labute approximate surface area is 129 Å². The van der Waals surface area contributed by atoms with Gasteiger partial charge in [-0.2, -0.15) is 0 Å². The Morgan fingerprint density at radius 3 is 2.18 bits per heavy atom. The number of rotatable bonds is 3. The molecule has 0 aliphatic heterocycles. The van der Waals surface area contributed by atoms with Gasteiger partial charge in [-0.25, -0.2) is 0 Å². The minimum absolute atomic E-state index is 0.224. The first-order valence-electron chi connectivity index (χ1n) is 8.02. The Bertz CT molecular complexity index is 607. The number of carboxylic acids is 1. The fourth-order valence-corrected chi connectivity index (χ4v) is 5.46. The molecule has 2 unspecified atom stereocenters. The second-order valence-electron chi connectivity index (χ2n) is 7.53. The van der Waals surface area contributed by atoms with E-state index in [1.54, 1.807) is 12.1 Å². The van der Waals surface area contributed by atoms with E-state index in [4.69, 9.17) is 4.74 Å². The second kappa shape index (κ2) is 4.58. The zero-order valence-electron chi connectivity index (χ0n) is 12.5. The predicted octanol–water partition coefficient (Wildman–Crippen LogP) is 3.26. The van der Waals surface area contributed by atoms with Gasteiger partial charge in [-0.05, 0) is 62.5 Å². The molecule has 0 aromatic heterocycles. The summed E-state index contributed by atoms with van der Waals surface area (Å²) in [5.41, 5.74) is -1.28. The number of hydrogen-bond donors (Lipinski definition) is 1. The topological polar surface area (TPSA) is 63.6 Å². The largest absolute Gasteiger partial charge is 0.481 e. The number of carbonyl (C=O) groups is 2. The number of esters is 1. The van der Waals surface area contributed by atoms with Crippen molar-refractivity contribution in [1.82, 2.24) is 0 Å². The van der Waals surface area contributed by atoms with Gasteiger partial charge in [-0.3, -0.25) is 9.59 Å². The van der Waals surface area contributed by atoms with Crippen LogP contribution in [0, 0.1) is 22.7 Å². The number of benzene rings is 1. The lowest BCUT2D eigenvalue weighted by atomic mass is 9.44. The van der Waals surface area contributed by atoms with Gasteiger partial charge in [0.05, 0.1) is 10.8 Å². The van der Waals surface area contributed by atoms with E-state index in [2.05, 4.69) is 0 Å². The standard InChI is InChI=1S/C18H20O4/c19-15(20)17-7-12-6-13(8-17)10-18(9-12,11-17)16(21)22-14-4-2-1-3-5-14/h1-5,12-13H,6-11H2,(H,19,20). The quantitative estimate of drug-likeness (QED) is 0.687. The predicted molar refractivity (Wildman–Crippen MR) is 79.3 cm³/mol. The van der Waals surface area contributed by atoms with Crippen LogP contribution in [0.3, 0.4) is 0 Å². The molecule has 4 heteroatoms. The summed E-state index contributed by atoms with van der Waals surface area (Å²) in [6.07, 6.45) is 4.59. The third-order valence-electron chi connectivity index (χ3n) is 5.90. The van der Waals surface area contributed by atoms with Gasteiger partial charge in [-0.15, -0.1) is 0 Å². The Kier molecular flexibility index (Phi) is 2.87. The van der Waals surface area contributed by atoms with E-state index in [-0.39, 0.29) is 5.97 Å². The maximum atomic E-state index is 12.8. The molecule has 1 aromatic rings. The van der Waals surface area contributed by atoms with E-state index in [0.29, 0.717) is 24.0 Å². The van der Waals surface area contributed by atoms with Gasteiger partial charge in [0.25, 0.3) is 0 Å². The lowest BCUT2D eigenvalue weighted by molar-refractivity contribution is -0.185. The van der Waals surface area contributed by atoms with Gasteiger partial charge in [0.15, 0.2) is 0 Å². The summed E-state index contributed by atoms with van der Waals surface area (Å²) in [6, 6.07) is 9.08. The van der Waals surface area contributed by atoms with Crippen LogP contribution in [0.1, 0.15) is 38.5 Å². The van der Waals surface area contributed by atoms with Crippen LogP contribution in [0.4, 0.5) is 0 Å². The average molecular weight is 300 g/mol. The van der Waals surface area contributed by atoms with E-state index in [0.717, 1.165) is 32.1 Å². The van der Waals surface area contributed by atoms with E-state index in [1.165, 1.54) is 0 Å². The van der Waals surface area contributed by atoms with E-state index in [1.807, 2.05) is 18.2 Å². The SMILES string of the molecule is O=C(O)C12CC3CC(C1)CC(C(=O)Oc1ccccc1)(C3)C2. The minimum Gasteiger partial charge on any atom is -0.481 e. The molecule has 2 atom stereocenters. The molecule has 116 valence electrons. The van der Waals surface area contributed by atoms with Crippen molar-refractivity contribution in [2.75, 3.05) is 0 Å². The number of aliphatic carboxylic acids is 1. The summed E-state index contributed by atoms with van der Waals surface area (Å²) in [5.74, 6) is 0.325. The Balaban J connectivity index is 1.63. The molecular weight excluding hydrogens is 280 g/mol. The van der Waals surface area contributed by atoms with Crippen molar-refractivity contribution >= 4 is 11.9 Å². The summed E-state index contributed by atoms with van der Waals surface area (Å²) < 4.78 is 5.59. The van der Waals surface area contributed by atoms with Crippen LogP contribution in [-0.4, -0.2) is 17.0 Å². The number of ether oxygens (including phenoxy) is 1. The van der Waals surface area contributed by atoms with Crippen molar-refractivity contribution in [1.29, 1.82) is 0 Å². The van der Waals surface area contributed by atoms with Crippen molar-refractivity contribution < 1.29 is 19.4 Å². The first kappa shape index (κ1) is 13.8. The van der Waals surface area contributed by atoms with Gasteiger partial charge in [-0.1, -0.05) is 18.2 Å². The van der Waals surface area contributed by atoms with Crippen LogP contribution < -0.4 is 4.74 Å². The highest BCUT2D eigenvalue weighted by atomic mass is 16.5. The maximum absolute atomic E-state index is 12.8. The number of para-hydroxylation sites is 1. The molecule has 0 radical (unpaired) electrons. The molecule has 0 saturated heterocycles. The average Bonchev–Trinajstić information content (AvgIpc) is 2.46. The molecule has 5 rings (SSSR count). The van der Waals surface area contributed by atoms with Crippen LogP contribution >= 0.6 is 0 Å². The number of carboxylic acid groups (broad SMARTS) is 1. The highest BCUT2D eigenvalue weighted by Gasteiger charge is 2.64.